The van der Waals surface area contributed by atoms with Gasteiger partial charge >= 0.3 is 0 Å². The molecule has 1 unspecified atom stereocenters. The number of unbranched alkanes of at least 4 members (excludes halogenated alkanes) is 1. The van der Waals surface area contributed by atoms with Crippen molar-refractivity contribution in [2.45, 2.75) is 32.9 Å². The van der Waals surface area contributed by atoms with Crippen LogP contribution in [0.2, 0.25) is 0 Å². The number of nitrogens with one attached hydrogen (secondary N) is 1. The second-order valence-corrected chi connectivity index (χ2v) is 7.77. The van der Waals surface area contributed by atoms with E-state index in [0.29, 0.717) is 10.9 Å². The molecule has 1 atom stereocenters. The van der Waals surface area contributed by atoms with Crippen LogP contribution >= 0.6 is 11.8 Å². The molecule has 1 N–H and O–H groups in total. The maximum atomic E-state index is 12.9. The SMILES string of the molecule is CCCCSC1=NN2C(=c3ccccc3=NC2c2ccc(C)cc2)C(=O)N1. The van der Waals surface area contributed by atoms with Crippen molar-refractivity contribution in [3.05, 3.63) is 70.2 Å². The second kappa shape index (κ2) is 7.56. The Morgan fingerprint density at radius 1 is 1.15 bits per heavy atom. The van der Waals surface area contributed by atoms with Crippen molar-refractivity contribution < 1.29 is 4.79 Å². The van der Waals surface area contributed by atoms with E-state index in [0.717, 1.165) is 34.7 Å². The van der Waals surface area contributed by atoms with Crippen molar-refractivity contribution in [2.24, 2.45) is 10.1 Å². The van der Waals surface area contributed by atoms with Gasteiger partial charge in [-0.05, 0) is 25.0 Å². The Bertz CT molecular complexity index is 1010. The van der Waals surface area contributed by atoms with Crippen LogP contribution < -0.4 is 15.9 Å². The van der Waals surface area contributed by atoms with E-state index in [9.17, 15) is 4.79 Å². The minimum absolute atomic E-state index is 0.122. The number of hydrogen-bond acceptors (Lipinski definition) is 5. The molecule has 0 aliphatic carbocycles. The van der Waals surface area contributed by atoms with Gasteiger partial charge < -0.3 is 0 Å². The second-order valence-electron chi connectivity index (χ2n) is 6.69. The van der Waals surface area contributed by atoms with Gasteiger partial charge in [0.2, 0.25) is 0 Å². The molecule has 2 heterocycles. The van der Waals surface area contributed by atoms with Gasteiger partial charge in [0.25, 0.3) is 5.91 Å². The number of thioether (sulfide) groups is 1. The Labute approximate surface area is 162 Å². The van der Waals surface area contributed by atoms with Crippen molar-refractivity contribution in [3.8, 4) is 0 Å². The predicted molar refractivity (Wildman–Crippen MR) is 109 cm³/mol. The third kappa shape index (κ3) is 3.49. The first-order valence-electron chi connectivity index (χ1n) is 9.23. The number of benzene rings is 2. The normalized spacial score (nSPS) is 18.2. The third-order valence-corrected chi connectivity index (χ3v) is 5.58. The summed E-state index contributed by atoms with van der Waals surface area (Å²) in [6, 6.07) is 16.0. The van der Waals surface area contributed by atoms with Crippen LogP contribution in [0.3, 0.4) is 0 Å². The fraction of sp³-hybridized carbons (Fsp3) is 0.286. The smallest absolute Gasteiger partial charge is 0.276 e. The van der Waals surface area contributed by atoms with Gasteiger partial charge in [0, 0.05) is 11.0 Å². The van der Waals surface area contributed by atoms with Gasteiger partial charge in [-0.15, -0.1) is 5.10 Å². The van der Waals surface area contributed by atoms with Crippen LogP contribution in [-0.2, 0) is 4.79 Å². The number of carbonyl (C=O) groups is 1. The zero-order valence-corrected chi connectivity index (χ0v) is 16.3. The van der Waals surface area contributed by atoms with Gasteiger partial charge in [-0.3, -0.25) is 15.1 Å². The van der Waals surface area contributed by atoms with E-state index in [2.05, 4.69) is 43.4 Å². The molecule has 0 radical (unpaired) electrons. The average Bonchev–Trinajstić information content (AvgIpc) is 2.68. The first-order valence-corrected chi connectivity index (χ1v) is 10.2. The molecule has 2 aromatic rings. The zero-order valence-electron chi connectivity index (χ0n) is 15.5. The summed E-state index contributed by atoms with van der Waals surface area (Å²) in [5.74, 6) is 0.810. The monoisotopic (exact) mass is 378 g/mol. The van der Waals surface area contributed by atoms with Gasteiger partial charge in [-0.2, -0.15) is 0 Å². The van der Waals surface area contributed by atoms with E-state index in [1.165, 1.54) is 5.56 Å². The highest BCUT2D eigenvalue weighted by atomic mass is 32.2. The van der Waals surface area contributed by atoms with Crippen LogP contribution in [0.4, 0.5) is 0 Å². The van der Waals surface area contributed by atoms with Crippen LogP contribution in [0.1, 0.15) is 37.1 Å². The summed E-state index contributed by atoms with van der Waals surface area (Å²) < 4.78 is 0. The molecule has 0 saturated heterocycles. The molecule has 0 aromatic heterocycles. The molecule has 2 aromatic carbocycles. The number of carbonyl (C=O) groups excluding carboxylic acids is 1. The summed E-state index contributed by atoms with van der Waals surface area (Å²) in [5.41, 5.74) is 2.77. The van der Waals surface area contributed by atoms with E-state index in [1.54, 1.807) is 16.8 Å². The summed E-state index contributed by atoms with van der Waals surface area (Å²) in [7, 11) is 0. The summed E-state index contributed by atoms with van der Waals surface area (Å²) in [6.07, 6.45) is 1.86. The van der Waals surface area contributed by atoms with E-state index in [1.807, 2.05) is 24.3 Å². The molecule has 0 fully saturated rings. The van der Waals surface area contributed by atoms with Crippen LogP contribution in [0, 0.1) is 6.92 Å². The fourth-order valence-corrected chi connectivity index (χ4v) is 4.10. The van der Waals surface area contributed by atoms with Crippen LogP contribution in [-0.4, -0.2) is 21.8 Å². The Hall–Kier alpha value is -2.60. The molecule has 2 aliphatic heterocycles. The quantitative estimate of drug-likeness (QED) is 0.832. The van der Waals surface area contributed by atoms with E-state index < -0.39 is 0 Å². The Kier molecular flexibility index (Phi) is 4.99. The molecule has 0 saturated carbocycles. The average molecular weight is 379 g/mol. The van der Waals surface area contributed by atoms with Crippen molar-refractivity contribution in [1.29, 1.82) is 0 Å². The van der Waals surface area contributed by atoms with Gasteiger partial charge in [0.1, 0.15) is 5.70 Å². The summed E-state index contributed by atoms with van der Waals surface area (Å²) in [5, 5.41) is 11.8. The predicted octanol–water partition coefficient (Wildman–Crippen LogP) is 2.67. The largest absolute Gasteiger partial charge is 0.298 e. The number of hydrogen-bond donors (Lipinski definition) is 1. The molecule has 4 rings (SSSR count). The maximum absolute atomic E-state index is 12.9. The van der Waals surface area contributed by atoms with Crippen molar-refractivity contribution in [3.63, 3.8) is 0 Å². The van der Waals surface area contributed by atoms with E-state index >= 15 is 0 Å². The number of amides is 1. The number of amidine groups is 1. The molecular formula is C21H22N4OS. The molecule has 6 heteroatoms. The van der Waals surface area contributed by atoms with Crippen molar-refractivity contribution in [1.82, 2.24) is 10.3 Å². The van der Waals surface area contributed by atoms with Gasteiger partial charge in [0.15, 0.2) is 11.3 Å². The standard InChI is InChI=1S/C21H22N4OS/c1-3-4-13-27-21-23-20(26)18-16-7-5-6-8-17(16)22-19(25(18)24-21)15-11-9-14(2)10-12-15/h5-12,19H,3-4,13H2,1-2H3,(H,23,24,26). The van der Waals surface area contributed by atoms with Crippen molar-refractivity contribution >= 4 is 28.5 Å². The fourth-order valence-electron chi connectivity index (χ4n) is 3.16. The minimum Gasteiger partial charge on any atom is -0.298 e. The lowest BCUT2D eigenvalue weighted by Gasteiger charge is -2.34. The van der Waals surface area contributed by atoms with Crippen LogP contribution in [0.15, 0.2) is 58.6 Å². The summed E-state index contributed by atoms with van der Waals surface area (Å²) in [6.45, 7) is 4.21. The maximum Gasteiger partial charge on any atom is 0.276 e. The number of nitrogens with zero attached hydrogens (tertiary/aromatic N) is 3. The molecule has 0 bridgehead atoms. The first kappa shape index (κ1) is 17.8. The molecule has 1 amide bonds. The highest BCUT2D eigenvalue weighted by Crippen LogP contribution is 2.30. The molecule has 138 valence electrons. The lowest BCUT2D eigenvalue weighted by Crippen LogP contribution is -2.50. The Morgan fingerprint density at radius 3 is 2.70 bits per heavy atom. The zero-order chi connectivity index (χ0) is 18.8. The Balaban J connectivity index is 1.83. The lowest BCUT2D eigenvalue weighted by atomic mass is 10.1. The first-order chi connectivity index (χ1) is 13.2. The topological polar surface area (TPSA) is 57.1 Å². The molecule has 5 nitrogen and oxygen atoms in total. The van der Waals surface area contributed by atoms with Gasteiger partial charge in [-0.1, -0.05) is 73.1 Å². The summed E-state index contributed by atoms with van der Waals surface area (Å²) >= 11 is 1.58. The number of hydrazone groups is 1. The summed E-state index contributed by atoms with van der Waals surface area (Å²) in [4.78, 5) is 17.8. The van der Waals surface area contributed by atoms with Crippen molar-refractivity contribution in [2.75, 3.05) is 5.75 Å². The number of rotatable bonds is 4. The van der Waals surface area contributed by atoms with E-state index in [4.69, 9.17) is 10.1 Å². The number of fused-ring (bicyclic) bond motifs is 2. The molecular weight excluding hydrogens is 356 g/mol. The molecule has 2 aliphatic rings. The van der Waals surface area contributed by atoms with Crippen LogP contribution in [0.5, 0.6) is 0 Å². The highest BCUT2D eigenvalue weighted by Gasteiger charge is 2.34. The van der Waals surface area contributed by atoms with Gasteiger partial charge in [-0.25, -0.2) is 5.01 Å². The third-order valence-electron chi connectivity index (χ3n) is 4.63. The molecule has 0 spiro atoms. The van der Waals surface area contributed by atoms with Gasteiger partial charge in [0.05, 0.1) is 5.36 Å². The Morgan fingerprint density at radius 2 is 1.93 bits per heavy atom. The highest BCUT2D eigenvalue weighted by molar-refractivity contribution is 8.13. The van der Waals surface area contributed by atoms with E-state index in [-0.39, 0.29) is 12.1 Å². The number of para-hydroxylation sites is 1. The minimum atomic E-state index is -0.344. The lowest BCUT2D eigenvalue weighted by molar-refractivity contribution is -0.116. The van der Waals surface area contributed by atoms with Crippen LogP contribution in [0.25, 0.3) is 5.70 Å². The number of aryl methyl sites for hydroxylation is 1. The molecule has 27 heavy (non-hydrogen) atoms.